The van der Waals surface area contributed by atoms with Crippen LogP contribution in [0, 0.1) is 5.41 Å². The van der Waals surface area contributed by atoms with Crippen molar-refractivity contribution in [3.8, 4) is 34.0 Å². The molecule has 3 rings (SSSR count). The topological polar surface area (TPSA) is 65.4 Å². The second kappa shape index (κ2) is 12.2. The number of benzene rings is 2. The van der Waals surface area contributed by atoms with Gasteiger partial charge in [-0.15, -0.1) is 0 Å². The number of hydrogen-bond acceptors (Lipinski definition) is 5. The fourth-order valence-electron chi connectivity index (χ4n) is 3.67. The van der Waals surface area contributed by atoms with Crippen LogP contribution in [0.15, 0.2) is 53.7 Å². The SMILES string of the molecule is CCCn1c(SCCCNC(=O)C(C)(C)C)nc(-c2ccc(OC)cc2)c1-c1ccc(OC)cc1. The van der Waals surface area contributed by atoms with E-state index in [1.807, 2.05) is 45.0 Å². The van der Waals surface area contributed by atoms with Crippen molar-refractivity contribution < 1.29 is 14.3 Å². The van der Waals surface area contributed by atoms with Crippen LogP contribution in [0.2, 0.25) is 0 Å². The summed E-state index contributed by atoms with van der Waals surface area (Å²) in [6.07, 6.45) is 1.87. The molecule has 6 nitrogen and oxygen atoms in total. The van der Waals surface area contributed by atoms with Crippen LogP contribution in [-0.2, 0) is 11.3 Å². The zero-order chi connectivity index (χ0) is 25.4. The van der Waals surface area contributed by atoms with E-state index >= 15 is 0 Å². The smallest absolute Gasteiger partial charge is 0.225 e. The van der Waals surface area contributed by atoms with Gasteiger partial charge in [-0.25, -0.2) is 4.98 Å². The molecule has 1 aromatic heterocycles. The fourth-order valence-corrected chi connectivity index (χ4v) is 4.63. The molecule has 35 heavy (non-hydrogen) atoms. The lowest BCUT2D eigenvalue weighted by atomic mass is 9.96. The first-order valence-electron chi connectivity index (χ1n) is 12.1. The minimum Gasteiger partial charge on any atom is -0.497 e. The Morgan fingerprint density at radius 1 is 0.971 bits per heavy atom. The molecule has 7 heteroatoms. The summed E-state index contributed by atoms with van der Waals surface area (Å²) in [5.41, 5.74) is 3.83. The third-order valence-corrected chi connectivity index (χ3v) is 6.69. The summed E-state index contributed by atoms with van der Waals surface area (Å²) in [5.74, 6) is 2.60. The quantitative estimate of drug-likeness (QED) is 0.250. The van der Waals surface area contributed by atoms with Crippen molar-refractivity contribution >= 4 is 17.7 Å². The Morgan fingerprint density at radius 2 is 1.54 bits per heavy atom. The first-order valence-corrected chi connectivity index (χ1v) is 13.1. The van der Waals surface area contributed by atoms with Crippen LogP contribution in [0.1, 0.15) is 40.5 Å². The van der Waals surface area contributed by atoms with E-state index in [1.54, 1.807) is 26.0 Å². The highest BCUT2D eigenvalue weighted by atomic mass is 32.2. The average Bonchev–Trinajstić information content (AvgIpc) is 3.21. The number of thioether (sulfide) groups is 1. The van der Waals surface area contributed by atoms with Gasteiger partial charge in [-0.05, 0) is 61.4 Å². The summed E-state index contributed by atoms with van der Waals surface area (Å²) in [4.78, 5) is 17.2. The first-order chi connectivity index (χ1) is 16.8. The van der Waals surface area contributed by atoms with E-state index in [4.69, 9.17) is 14.5 Å². The van der Waals surface area contributed by atoms with E-state index in [0.29, 0.717) is 6.54 Å². The number of carbonyl (C=O) groups excluding carboxylic acids is 1. The van der Waals surface area contributed by atoms with Crippen LogP contribution in [0.5, 0.6) is 11.5 Å². The molecule has 0 fully saturated rings. The van der Waals surface area contributed by atoms with E-state index in [1.165, 1.54) is 0 Å². The van der Waals surface area contributed by atoms with E-state index in [9.17, 15) is 4.79 Å². The van der Waals surface area contributed by atoms with Crippen LogP contribution in [0.3, 0.4) is 0 Å². The number of nitrogens with zero attached hydrogens (tertiary/aromatic N) is 2. The van der Waals surface area contributed by atoms with Crippen LogP contribution in [0.4, 0.5) is 0 Å². The number of amides is 1. The van der Waals surface area contributed by atoms with E-state index in [-0.39, 0.29) is 11.3 Å². The van der Waals surface area contributed by atoms with Gasteiger partial charge in [-0.2, -0.15) is 0 Å². The lowest BCUT2D eigenvalue weighted by molar-refractivity contribution is -0.128. The van der Waals surface area contributed by atoms with E-state index in [0.717, 1.165) is 64.3 Å². The lowest BCUT2D eigenvalue weighted by Gasteiger charge is -2.17. The number of carbonyl (C=O) groups is 1. The molecule has 1 N–H and O–H groups in total. The maximum Gasteiger partial charge on any atom is 0.225 e. The molecule has 0 saturated carbocycles. The van der Waals surface area contributed by atoms with Gasteiger partial charge in [-0.3, -0.25) is 4.79 Å². The number of nitrogens with one attached hydrogen (secondary N) is 1. The molecule has 1 amide bonds. The molecule has 0 unspecified atom stereocenters. The van der Waals surface area contributed by atoms with Crippen molar-refractivity contribution in [3.63, 3.8) is 0 Å². The summed E-state index contributed by atoms with van der Waals surface area (Å²) < 4.78 is 13.0. The predicted octanol–water partition coefficient (Wildman–Crippen LogP) is 6.29. The van der Waals surface area contributed by atoms with Gasteiger partial charge in [-0.1, -0.05) is 39.5 Å². The number of methoxy groups -OCH3 is 2. The summed E-state index contributed by atoms with van der Waals surface area (Å²) >= 11 is 1.74. The minimum atomic E-state index is -0.370. The normalized spacial score (nSPS) is 11.4. The predicted molar refractivity (Wildman–Crippen MR) is 144 cm³/mol. The summed E-state index contributed by atoms with van der Waals surface area (Å²) in [6.45, 7) is 9.50. The maximum atomic E-state index is 12.1. The molecule has 188 valence electrons. The maximum absolute atomic E-state index is 12.1. The monoisotopic (exact) mass is 495 g/mol. The second-order valence-electron chi connectivity index (χ2n) is 9.41. The van der Waals surface area contributed by atoms with Crippen molar-refractivity contribution in [2.24, 2.45) is 5.41 Å². The van der Waals surface area contributed by atoms with Gasteiger partial charge in [0.15, 0.2) is 5.16 Å². The fraction of sp³-hybridized carbons (Fsp3) is 0.429. The van der Waals surface area contributed by atoms with Gasteiger partial charge in [0.05, 0.1) is 25.6 Å². The molecule has 0 spiro atoms. The summed E-state index contributed by atoms with van der Waals surface area (Å²) in [6, 6.07) is 16.2. The molecule has 0 aliphatic heterocycles. The van der Waals surface area contributed by atoms with Crippen LogP contribution >= 0.6 is 11.8 Å². The number of ether oxygens (including phenoxy) is 2. The van der Waals surface area contributed by atoms with Gasteiger partial charge >= 0.3 is 0 Å². The highest BCUT2D eigenvalue weighted by molar-refractivity contribution is 7.99. The van der Waals surface area contributed by atoms with Crippen LogP contribution in [-0.4, -0.2) is 42.0 Å². The Labute approximate surface area is 213 Å². The van der Waals surface area contributed by atoms with Gasteiger partial charge in [0.1, 0.15) is 11.5 Å². The van der Waals surface area contributed by atoms with Crippen molar-refractivity contribution in [1.29, 1.82) is 0 Å². The third-order valence-electron chi connectivity index (χ3n) is 5.63. The number of imidazole rings is 1. The first kappa shape index (κ1) is 26.7. The van der Waals surface area contributed by atoms with Crippen molar-refractivity contribution in [3.05, 3.63) is 48.5 Å². The van der Waals surface area contributed by atoms with Gasteiger partial charge in [0, 0.05) is 35.4 Å². The van der Waals surface area contributed by atoms with Gasteiger partial charge in [0.2, 0.25) is 5.91 Å². The molecule has 0 aliphatic carbocycles. The van der Waals surface area contributed by atoms with E-state index < -0.39 is 0 Å². The lowest BCUT2D eigenvalue weighted by Crippen LogP contribution is -2.35. The van der Waals surface area contributed by atoms with Gasteiger partial charge in [0.25, 0.3) is 0 Å². The molecule has 0 bridgehead atoms. The highest BCUT2D eigenvalue weighted by Crippen LogP contribution is 2.37. The third kappa shape index (κ3) is 6.82. The largest absolute Gasteiger partial charge is 0.497 e. The van der Waals surface area contributed by atoms with Crippen LogP contribution < -0.4 is 14.8 Å². The number of rotatable bonds is 11. The number of aromatic nitrogens is 2. The summed E-state index contributed by atoms with van der Waals surface area (Å²) in [5, 5.41) is 4.03. The Bertz CT molecular complexity index is 1100. The molecule has 0 atom stereocenters. The van der Waals surface area contributed by atoms with Crippen molar-refractivity contribution in [2.75, 3.05) is 26.5 Å². The summed E-state index contributed by atoms with van der Waals surface area (Å²) in [7, 11) is 3.35. The minimum absolute atomic E-state index is 0.0820. The Morgan fingerprint density at radius 3 is 2.06 bits per heavy atom. The molecule has 3 aromatic rings. The zero-order valence-corrected chi connectivity index (χ0v) is 22.5. The average molecular weight is 496 g/mol. The molecule has 2 aromatic carbocycles. The molecular weight excluding hydrogens is 458 g/mol. The van der Waals surface area contributed by atoms with Crippen molar-refractivity contribution in [1.82, 2.24) is 14.9 Å². The second-order valence-corrected chi connectivity index (χ2v) is 10.5. The standard InChI is InChI=1S/C28H37N3O3S/c1-7-18-31-25(21-11-15-23(34-6)16-12-21)24(20-9-13-22(33-5)14-10-20)30-27(31)35-19-8-17-29-26(32)28(2,3)4/h9-16H,7-8,17-19H2,1-6H3,(H,29,32). The zero-order valence-electron chi connectivity index (χ0n) is 21.7. The molecule has 0 aliphatic rings. The Hall–Kier alpha value is -2.93. The Balaban J connectivity index is 1.91. The molecule has 0 saturated heterocycles. The highest BCUT2D eigenvalue weighted by Gasteiger charge is 2.22. The Kier molecular flexibility index (Phi) is 9.26. The van der Waals surface area contributed by atoms with E-state index in [2.05, 4.69) is 41.1 Å². The molecule has 0 radical (unpaired) electrons. The van der Waals surface area contributed by atoms with Gasteiger partial charge < -0.3 is 19.4 Å². The van der Waals surface area contributed by atoms with Crippen LogP contribution in [0.25, 0.3) is 22.5 Å². The molecular formula is C28H37N3O3S. The molecule has 1 heterocycles. The number of hydrogen-bond donors (Lipinski definition) is 1. The van der Waals surface area contributed by atoms with Crippen molar-refractivity contribution in [2.45, 2.75) is 52.2 Å².